The number of halogens is 1. The zero-order chi connectivity index (χ0) is 18.4. The topological polar surface area (TPSA) is 67.6 Å². The van der Waals surface area contributed by atoms with Crippen molar-refractivity contribution in [2.75, 3.05) is 27.7 Å². The minimum Gasteiger partial charge on any atom is -0.497 e. The molecule has 136 valence electrons. The van der Waals surface area contributed by atoms with E-state index < -0.39 is 0 Å². The molecular formula is C18H24ClN3O3. The number of nitrogens with zero attached hydrogens (tertiary/aromatic N) is 2. The van der Waals surface area contributed by atoms with E-state index >= 15 is 0 Å². The average molecular weight is 366 g/mol. The number of ether oxygens (including phenoxy) is 1. The third-order valence-corrected chi connectivity index (χ3v) is 4.43. The Kier molecular flexibility index (Phi) is 6.84. The van der Waals surface area contributed by atoms with Gasteiger partial charge in [0.15, 0.2) is 0 Å². The Morgan fingerprint density at radius 3 is 2.80 bits per heavy atom. The molecule has 1 heterocycles. The van der Waals surface area contributed by atoms with Gasteiger partial charge < -0.3 is 19.5 Å². The van der Waals surface area contributed by atoms with Gasteiger partial charge >= 0.3 is 0 Å². The van der Waals surface area contributed by atoms with Crippen LogP contribution in [-0.4, -0.2) is 43.7 Å². The molecule has 0 saturated heterocycles. The van der Waals surface area contributed by atoms with Crippen LogP contribution in [-0.2, 0) is 11.2 Å². The van der Waals surface area contributed by atoms with Crippen LogP contribution >= 0.6 is 11.6 Å². The molecule has 1 aromatic carbocycles. The van der Waals surface area contributed by atoms with Crippen LogP contribution in [0.1, 0.15) is 29.3 Å². The highest BCUT2D eigenvalue weighted by atomic mass is 35.5. The lowest BCUT2D eigenvalue weighted by molar-refractivity contribution is -0.121. The third kappa shape index (κ3) is 5.21. The van der Waals surface area contributed by atoms with Crippen LogP contribution < -0.4 is 10.1 Å². The molecule has 0 spiro atoms. The number of likely N-dealkylation sites (N-methyl/N-ethyl adjacent to an activating group) is 1. The molecule has 0 radical (unpaired) electrons. The molecule has 0 aliphatic carbocycles. The minimum atomic E-state index is -0.0357. The van der Waals surface area contributed by atoms with Crippen LogP contribution in [0.15, 0.2) is 28.8 Å². The monoisotopic (exact) mass is 365 g/mol. The van der Waals surface area contributed by atoms with Gasteiger partial charge in [-0.1, -0.05) is 17.3 Å². The van der Waals surface area contributed by atoms with Crippen molar-refractivity contribution in [3.8, 4) is 5.75 Å². The van der Waals surface area contributed by atoms with Crippen LogP contribution in [0.4, 0.5) is 0 Å². The number of hydrogen-bond donors (Lipinski definition) is 1. The maximum Gasteiger partial charge on any atom is 0.229 e. The lowest BCUT2D eigenvalue weighted by Crippen LogP contribution is -2.34. The van der Waals surface area contributed by atoms with Gasteiger partial charge in [-0.15, -0.1) is 0 Å². The first-order valence-electron chi connectivity index (χ1n) is 8.10. The number of aromatic nitrogens is 1. The van der Waals surface area contributed by atoms with Crippen molar-refractivity contribution in [3.63, 3.8) is 0 Å². The molecule has 0 aliphatic rings. The molecule has 1 aromatic heterocycles. The third-order valence-electron chi connectivity index (χ3n) is 4.13. The largest absolute Gasteiger partial charge is 0.497 e. The van der Waals surface area contributed by atoms with Gasteiger partial charge in [-0.2, -0.15) is 0 Å². The summed E-state index contributed by atoms with van der Waals surface area (Å²) in [6.07, 6.45) is 0.839. The van der Waals surface area contributed by atoms with Gasteiger partial charge in [0.25, 0.3) is 0 Å². The second kappa shape index (κ2) is 8.87. The molecule has 7 heteroatoms. The Morgan fingerprint density at radius 1 is 1.44 bits per heavy atom. The highest BCUT2D eigenvalue weighted by Gasteiger charge is 2.17. The summed E-state index contributed by atoms with van der Waals surface area (Å²) in [6.45, 7) is 2.32. The molecule has 0 fully saturated rings. The first-order chi connectivity index (χ1) is 11.9. The standard InChI is InChI=1S/C18H24ClN3O3/c1-12-15(18(19)25-21-12)8-9-17(23)20-11-16(22(2)3)13-6-5-7-14(10-13)24-4/h5-7,10,16H,8-9,11H2,1-4H3,(H,20,23). The average Bonchev–Trinajstić information content (AvgIpc) is 2.91. The number of amides is 1. The molecule has 1 unspecified atom stereocenters. The fraction of sp³-hybridized carbons (Fsp3) is 0.444. The van der Waals surface area contributed by atoms with Crippen LogP contribution in [0.25, 0.3) is 0 Å². The van der Waals surface area contributed by atoms with Gasteiger partial charge in [-0.25, -0.2) is 0 Å². The normalized spacial score (nSPS) is 12.2. The van der Waals surface area contributed by atoms with Crippen molar-refractivity contribution < 1.29 is 14.1 Å². The van der Waals surface area contributed by atoms with Gasteiger partial charge in [0.2, 0.25) is 11.1 Å². The summed E-state index contributed by atoms with van der Waals surface area (Å²) in [6, 6.07) is 7.92. The Morgan fingerprint density at radius 2 is 2.20 bits per heavy atom. The fourth-order valence-corrected chi connectivity index (χ4v) is 2.89. The van der Waals surface area contributed by atoms with E-state index in [-0.39, 0.29) is 17.2 Å². The Hall–Kier alpha value is -2.05. The Balaban J connectivity index is 1.93. The highest BCUT2D eigenvalue weighted by molar-refractivity contribution is 6.29. The van der Waals surface area contributed by atoms with Gasteiger partial charge in [-0.3, -0.25) is 4.79 Å². The lowest BCUT2D eigenvalue weighted by atomic mass is 10.1. The summed E-state index contributed by atoms with van der Waals surface area (Å²) in [7, 11) is 5.61. The first kappa shape index (κ1) is 19.3. The second-order valence-corrected chi connectivity index (χ2v) is 6.42. The SMILES string of the molecule is COc1cccc(C(CNC(=O)CCc2c(C)noc2Cl)N(C)C)c1. The van der Waals surface area contributed by atoms with E-state index in [0.717, 1.165) is 22.6 Å². The molecule has 1 amide bonds. The number of aryl methyl sites for hydroxylation is 1. The van der Waals surface area contributed by atoms with E-state index in [1.54, 1.807) is 7.11 Å². The van der Waals surface area contributed by atoms with E-state index in [1.807, 2.05) is 45.3 Å². The van der Waals surface area contributed by atoms with Gasteiger partial charge in [0, 0.05) is 18.5 Å². The second-order valence-electron chi connectivity index (χ2n) is 6.08. The minimum absolute atomic E-state index is 0.0357. The molecule has 6 nitrogen and oxygen atoms in total. The summed E-state index contributed by atoms with van der Waals surface area (Å²) in [5.74, 6) is 0.764. The summed E-state index contributed by atoms with van der Waals surface area (Å²) < 4.78 is 10.2. The number of methoxy groups -OCH3 is 1. The number of carbonyl (C=O) groups excluding carboxylic acids is 1. The molecule has 0 saturated carbocycles. The molecular weight excluding hydrogens is 342 g/mol. The molecule has 0 aliphatic heterocycles. The van der Waals surface area contributed by atoms with E-state index in [9.17, 15) is 4.79 Å². The molecule has 1 N–H and O–H groups in total. The number of nitrogens with one attached hydrogen (secondary N) is 1. The fourth-order valence-electron chi connectivity index (χ4n) is 2.62. The summed E-state index contributed by atoms with van der Waals surface area (Å²) in [4.78, 5) is 14.3. The lowest BCUT2D eigenvalue weighted by Gasteiger charge is -2.25. The summed E-state index contributed by atoms with van der Waals surface area (Å²) in [5, 5.41) is 7.03. The highest BCUT2D eigenvalue weighted by Crippen LogP contribution is 2.23. The van der Waals surface area contributed by atoms with Crippen molar-refractivity contribution in [2.45, 2.75) is 25.8 Å². The molecule has 1 atom stereocenters. The molecule has 0 bridgehead atoms. The molecule has 2 aromatic rings. The summed E-state index contributed by atoms with van der Waals surface area (Å²) >= 11 is 5.93. The molecule has 2 rings (SSSR count). The van der Waals surface area contributed by atoms with Crippen molar-refractivity contribution in [2.24, 2.45) is 0 Å². The smallest absolute Gasteiger partial charge is 0.229 e. The van der Waals surface area contributed by atoms with Crippen LogP contribution in [0.2, 0.25) is 5.22 Å². The van der Waals surface area contributed by atoms with Crippen molar-refractivity contribution in [1.29, 1.82) is 0 Å². The van der Waals surface area contributed by atoms with E-state index in [0.29, 0.717) is 19.4 Å². The van der Waals surface area contributed by atoms with Crippen molar-refractivity contribution in [3.05, 3.63) is 46.3 Å². The maximum atomic E-state index is 12.2. The Bertz CT molecular complexity index is 696. The molecule has 25 heavy (non-hydrogen) atoms. The van der Waals surface area contributed by atoms with Crippen LogP contribution in [0, 0.1) is 6.92 Å². The van der Waals surface area contributed by atoms with Gasteiger partial charge in [0.05, 0.1) is 18.8 Å². The number of carbonyl (C=O) groups is 1. The number of rotatable bonds is 8. The van der Waals surface area contributed by atoms with Gasteiger partial charge in [0.1, 0.15) is 5.75 Å². The van der Waals surface area contributed by atoms with Crippen LogP contribution in [0.3, 0.4) is 0 Å². The Labute approximate surface area is 153 Å². The zero-order valence-electron chi connectivity index (χ0n) is 15.0. The number of benzene rings is 1. The zero-order valence-corrected chi connectivity index (χ0v) is 15.8. The predicted octanol–water partition coefficient (Wildman–Crippen LogP) is 3.00. The van der Waals surface area contributed by atoms with Crippen molar-refractivity contribution in [1.82, 2.24) is 15.4 Å². The van der Waals surface area contributed by atoms with Gasteiger partial charge in [-0.05, 0) is 56.7 Å². The van der Waals surface area contributed by atoms with Crippen molar-refractivity contribution >= 4 is 17.5 Å². The number of hydrogen-bond acceptors (Lipinski definition) is 5. The quantitative estimate of drug-likeness (QED) is 0.778. The van der Waals surface area contributed by atoms with E-state index in [4.69, 9.17) is 20.9 Å². The van der Waals surface area contributed by atoms with Crippen LogP contribution in [0.5, 0.6) is 5.75 Å². The van der Waals surface area contributed by atoms with E-state index in [2.05, 4.69) is 15.4 Å². The predicted molar refractivity (Wildman–Crippen MR) is 97.0 cm³/mol. The first-order valence-corrected chi connectivity index (χ1v) is 8.48. The van der Waals surface area contributed by atoms with E-state index in [1.165, 1.54) is 0 Å². The summed E-state index contributed by atoms with van der Waals surface area (Å²) in [5.41, 5.74) is 2.59. The maximum absolute atomic E-state index is 12.2.